The Morgan fingerprint density at radius 2 is 2.11 bits per heavy atom. The van der Waals surface area contributed by atoms with Crippen LogP contribution in [0.3, 0.4) is 0 Å². The molecule has 0 bridgehead atoms. The highest BCUT2D eigenvalue weighted by atomic mass is 35.5. The molecular formula is C15H19ClN2. The fourth-order valence-corrected chi connectivity index (χ4v) is 2.92. The van der Waals surface area contributed by atoms with E-state index < -0.39 is 0 Å². The zero-order valence-corrected chi connectivity index (χ0v) is 11.6. The van der Waals surface area contributed by atoms with Gasteiger partial charge in [-0.2, -0.15) is 5.26 Å². The van der Waals surface area contributed by atoms with Crippen LogP contribution in [0.5, 0.6) is 0 Å². The van der Waals surface area contributed by atoms with Crippen molar-refractivity contribution >= 4 is 17.3 Å². The standard InChI is InChI=1S/C15H19ClN2/c1-2-3-12-6-8-18(9-7-12)15-5-4-14(16)10-13(15)11-17/h4-5,10,12H,2-3,6-9H2,1H3. The molecule has 1 aromatic carbocycles. The molecule has 3 heteroatoms. The summed E-state index contributed by atoms with van der Waals surface area (Å²) in [6, 6.07) is 7.85. The first-order valence-electron chi connectivity index (χ1n) is 6.69. The molecule has 0 atom stereocenters. The van der Waals surface area contributed by atoms with Gasteiger partial charge in [-0.15, -0.1) is 0 Å². The molecule has 2 nitrogen and oxygen atoms in total. The molecule has 0 unspecified atom stereocenters. The van der Waals surface area contributed by atoms with E-state index in [0.717, 1.165) is 24.7 Å². The number of halogens is 1. The normalized spacial score (nSPS) is 16.6. The number of piperidine rings is 1. The van der Waals surface area contributed by atoms with Crippen LogP contribution in [0, 0.1) is 17.2 Å². The molecule has 1 aliphatic heterocycles. The lowest BCUT2D eigenvalue weighted by molar-refractivity contribution is 0.378. The Bertz CT molecular complexity index is 442. The van der Waals surface area contributed by atoms with E-state index >= 15 is 0 Å². The molecule has 2 rings (SSSR count). The maximum atomic E-state index is 9.17. The Morgan fingerprint density at radius 3 is 2.72 bits per heavy atom. The van der Waals surface area contributed by atoms with Crippen molar-refractivity contribution in [3.63, 3.8) is 0 Å². The molecule has 1 heterocycles. The van der Waals surface area contributed by atoms with Crippen LogP contribution in [0.1, 0.15) is 38.2 Å². The van der Waals surface area contributed by atoms with Crippen molar-refractivity contribution in [1.29, 1.82) is 5.26 Å². The van der Waals surface area contributed by atoms with Crippen molar-refractivity contribution in [1.82, 2.24) is 0 Å². The van der Waals surface area contributed by atoms with E-state index in [0.29, 0.717) is 10.6 Å². The van der Waals surface area contributed by atoms with Crippen LogP contribution >= 0.6 is 11.6 Å². The molecule has 0 N–H and O–H groups in total. The number of nitrogens with zero attached hydrogens (tertiary/aromatic N) is 2. The molecular weight excluding hydrogens is 244 g/mol. The van der Waals surface area contributed by atoms with E-state index in [1.54, 1.807) is 6.07 Å². The van der Waals surface area contributed by atoms with E-state index in [4.69, 9.17) is 11.6 Å². The maximum Gasteiger partial charge on any atom is 0.101 e. The highest BCUT2D eigenvalue weighted by Gasteiger charge is 2.20. The van der Waals surface area contributed by atoms with Gasteiger partial charge in [-0.25, -0.2) is 0 Å². The predicted molar refractivity (Wildman–Crippen MR) is 76.0 cm³/mol. The summed E-state index contributed by atoms with van der Waals surface area (Å²) in [6.45, 7) is 4.36. The van der Waals surface area contributed by atoms with Crippen LogP contribution in [0.25, 0.3) is 0 Å². The number of benzene rings is 1. The van der Waals surface area contributed by atoms with Gasteiger partial charge in [-0.05, 0) is 37.0 Å². The number of nitriles is 1. The second-order valence-electron chi connectivity index (χ2n) is 4.99. The van der Waals surface area contributed by atoms with Crippen LogP contribution in [-0.2, 0) is 0 Å². The van der Waals surface area contributed by atoms with Gasteiger partial charge in [0, 0.05) is 18.1 Å². The first kappa shape index (κ1) is 13.2. The highest BCUT2D eigenvalue weighted by Crippen LogP contribution is 2.29. The van der Waals surface area contributed by atoms with Gasteiger partial charge in [0.15, 0.2) is 0 Å². The molecule has 0 saturated carbocycles. The Kier molecular flexibility index (Phi) is 4.49. The Labute approximate surface area is 114 Å². The quantitative estimate of drug-likeness (QED) is 0.815. The van der Waals surface area contributed by atoms with Crippen molar-refractivity contribution in [3.8, 4) is 6.07 Å². The molecule has 0 radical (unpaired) electrons. The number of hydrogen-bond acceptors (Lipinski definition) is 2. The molecule has 0 amide bonds. The van der Waals surface area contributed by atoms with Crippen LogP contribution < -0.4 is 4.90 Å². The fraction of sp³-hybridized carbons (Fsp3) is 0.533. The lowest BCUT2D eigenvalue weighted by Gasteiger charge is -2.34. The minimum absolute atomic E-state index is 0.635. The summed E-state index contributed by atoms with van der Waals surface area (Å²) < 4.78 is 0. The minimum Gasteiger partial charge on any atom is -0.370 e. The third kappa shape index (κ3) is 2.97. The molecule has 1 fully saturated rings. The summed E-state index contributed by atoms with van der Waals surface area (Å²) >= 11 is 5.93. The molecule has 0 aliphatic carbocycles. The Morgan fingerprint density at radius 1 is 1.39 bits per heavy atom. The summed E-state index contributed by atoms with van der Waals surface area (Å²) in [7, 11) is 0. The maximum absolute atomic E-state index is 9.17. The summed E-state index contributed by atoms with van der Waals surface area (Å²) in [4.78, 5) is 2.32. The lowest BCUT2D eigenvalue weighted by atomic mass is 9.92. The summed E-state index contributed by atoms with van der Waals surface area (Å²) in [5, 5.41) is 9.81. The van der Waals surface area contributed by atoms with Gasteiger partial charge in [0.1, 0.15) is 6.07 Å². The van der Waals surface area contributed by atoms with Crippen molar-refractivity contribution in [2.45, 2.75) is 32.6 Å². The predicted octanol–water partition coefficient (Wildman–Crippen LogP) is 4.23. The SMILES string of the molecule is CCCC1CCN(c2ccc(Cl)cc2C#N)CC1. The lowest BCUT2D eigenvalue weighted by Crippen LogP contribution is -2.34. The highest BCUT2D eigenvalue weighted by molar-refractivity contribution is 6.30. The van der Waals surface area contributed by atoms with Crippen molar-refractivity contribution in [2.75, 3.05) is 18.0 Å². The van der Waals surface area contributed by atoms with Crippen molar-refractivity contribution in [2.24, 2.45) is 5.92 Å². The van der Waals surface area contributed by atoms with Gasteiger partial charge in [0.2, 0.25) is 0 Å². The summed E-state index contributed by atoms with van der Waals surface area (Å²) in [6.07, 6.45) is 5.08. The second kappa shape index (κ2) is 6.11. The van der Waals surface area contributed by atoms with Crippen molar-refractivity contribution < 1.29 is 0 Å². The third-order valence-corrected chi connectivity index (χ3v) is 3.97. The van der Waals surface area contributed by atoms with Crippen LogP contribution in [0.4, 0.5) is 5.69 Å². The molecule has 1 aliphatic rings. The van der Waals surface area contributed by atoms with Crippen LogP contribution in [0.2, 0.25) is 5.02 Å². The third-order valence-electron chi connectivity index (χ3n) is 3.73. The Balaban J connectivity index is 2.08. The topological polar surface area (TPSA) is 27.0 Å². The largest absolute Gasteiger partial charge is 0.370 e. The van der Waals surface area contributed by atoms with Gasteiger partial charge in [0.25, 0.3) is 0 Å². The molecule has 1 aromatic rings. The Hall–Kier alpha value is -1.20. The van der Waals surface area contributed by atoms with Crippen LogP contribution in [-0.4, -0.2) is 13.1 Å². The summed E-state index contributed by atoms with van der Waals surface area (Å²) in [5.74, 6) is 0.865. The zero-order valence-electron chi connectivity index (χ0n) is 10.8. The van der Waals surface area contributed by atoms with E-state index in [2.05, 4.69) is 17.9 Å². The minimum atomic E-state index is 0.635. The van der Waals surface area contributed by atoms with E-state index in [-0.39, 0.29) is 0 Å². The van der Waals surface area contributed by atoms with Gasteiger partial charge < -0.3 is 4.90 Å². The number of rotatable bonds is 3. The molecule has 0 spiro atoms. The van der Waals surface area contributed by atoms with Gasteiger partial charge in [-0.1, -0.05) is 31.4 Å². The monoisotopic (exact) mass is 262 g/mol. The van der Waals surface area contributed by atoms with E-state index in [9.17, 15) is 5.26 Å². The zero-order chi connectivity index (χ0) is 13.0. The molecule has 1 saturated heterocycles. The van der Waals surface area contributed by atoms with Crippen LogP contribution in [0.15, 0.2) is 18.2 Å². The number of hydrogen-bond donors (Lipinski definition) is 0. The molecule has 0 aromatic heterocycles. The van der Waals surface area contributed by atoms with E-state index in [1.807, 2.05) is 12.1 Å². The van der Waals surface area contributed by atoms with E-state index in [1.165, 1.54) is 25.7 Å². The van der Waals surface area contributed by atoms with Gasteiger partial charge in [0.05, 0.1) is 11.3 Å². The molecule has 18 heavy (non-hydrogen) atoms. The molecule has 96 valence electrons. The summed E-state index contributed by atoms with van der Waals surface area (Å²) in [5.41, 5.74) is 1.73. The van der Waals surface area contributed by atoms with Crippen molar-refractivity contribution in [3.05, 3.63) is 28.8 Å². The number of anilines is 1. The smallest absolute Gasteiger partial charge is 0.101 e. The fourth-order valence-electron chi connectivity index (χ4n) is 2.74. The van der Waals surface area contributed by atoms with Gasteiger partial charge in [-0.3, -0.25) is 0 Å². The first-order valence-corrected chi connectivity index (χ1v) is 7.07. The first-order chi connectivity index (χ1) is 8.74. The average molecular weight is 263 g/mol. The average Bonchev–Trinajstić information content (AvgIpc) is 2.40. The van der Waals surface area contributed by atoms with Gasteiger partial charge >= 0.3 is 0 Å². The second-order valence-corrected chi connectivity index (χ2v) is 5.43.